The van der Waals surface area contributed by atoms with Gasteiger partial charge in [0, 0.05) is 16.3 Å². The van der Waals surface area contributed by atoms with Crippen molar-refractivity contribution in [2.45, 2.75) is 24.2 Å². The minimum Gasteiger partial charge on any atom is -0.211 e. The summed E-state index contributed by atoms with van der Waals surface area (Å²) in [6.07, 6.45) is 3.24. The molecule has 1 fully saturated rings. The van der Waals surface area contributed by atoms with Crippen molar-refractivity contribution in [3.8, 4) is 0 Å². The van der Waals surface area contributed by atoms with Gasteiger partial charge in [-0.15, -0.1) is 0 Å². The number of benzene rings is 1. The molecule has 18 heavy (non-hydrogen) atoms. The van der Waals surface area contributed by atoms with Crippen LogP contribution in [-0.2, 0) is 10.0 Å². The zero-order valence-corrected chi connectivity index (χ0v) is 13.8. The lowest BCUT2D eigenvalue weighted by Crippen LogP contribution is -2.30. The highest BCUT2D eigenvalue weighted by Gasteiger charge is 2.42. The van der Waals surface area contributed by atoms with Crippen molar-refractivity contribution in [1.82, 2.24) is 4.72 Å². The summed E-state index contributed by atoms with van der Waals surface area (Å²) in [5.41, 5.74) is 0.183. The van der Waals surface area contributed by atoms with Gasteiger partial charge >= 0.3 is 0 Å². The van der Waals surface area contributed by atoms with Crippen LogP contribution in [0.15, 0.2) is 33.6 Å². The average Bonchev–Trinajstić information content (AvgIpc) is 3.08. The fraction of sp³-hybridized carbons (Fsp3) is 0.500. The first-order chi connectivity index (χ1) is 8.47. The summed E-state index contributed by atoms with van der Waals surface area (Å²) in [6.45, 7) is 0.535. The van der Waals surface area contributed by atoms with E-state index in [1.807, 2.05) is 6.07 Å². The topological polar surface area (TPSA) is 46.2 Å². The fourth-order valence-electron chi connectivity index (χ4n) is 1.86. The second-order valence-corrected chi connectivity index (χ2v) is 8.20. The molecule has 3 nitrogen and oxygen atoms in total. The second kappa shape index (κ2) is 5.61. The first kappa shape index (κ1) is 14.5. The number of nitrogens with one attached hydrogen (secondary N) is 1. The summed E-state index contributed by atoms with van der Waals surface area (Å²) in [4.78, 5) is 0.312. The van der Waals surface area contributed by atoms with Crippen LogP contribution in [-0.4, -0.2) is 20.3 Å². The maximum Gasteiger partial charge on any atom is 0.240 e. The summed E-state index contributed by atoms with van der Waals surface area (Å²) in [6, 6.07) is 6.76. The van der Waals surface area contributed by atoms with Crippen molar-refractivity contribution in [2.75, 3.05) is 11.9 Å². The van der Waals surface area contributed by atoms with E-state index < -0.39 is 10.0 Å². The molecule has 6 heteroatoms. The van der Waals surface area contributed by atoms with Crippen LogP contribution >= 0.6 is 31.9 Å². The van der Waals surface area contributed by atoms with Crippen molar-refractivity contribution < 1.29 is 8.42 Å². The molecule has 0 aliphatic heterocycles. The predicted molar refractivity (Wildman–Crippen MR) is 79.4 cm³/mol. The zero-order valence-electron chi connectivity index (χ0n) is 9.83. The van der Waals surface area contributed by atoms with Gasteiger partial charge in [-0.05, 0) is 42.9 Å². The van der Waals surface area contributed by atoms with E-state index in [0.29, 0.717) is 11.4 Å². The van der Waals surface area contributed by atoms with E-state index in [1.54, 1.807) is 18.2 Å². The summed E-state index contributed by atoms with van der Waals surface area (Å²) in [5.74, 6) is 0. The second-order valence-electron chi connectivity index (χ2n) is 4.72. The Morgan fingerprint density at radius 2 is 2.06 bits per heavy atom. The first-order valence-electron chi connectivity index (χ1n) is 5.79. The van der Waals surface area contributed by atoms with Crippen molar-refractivity contribution in [3.63, 3.8) is 0 Å². The molecule has 100 valence electrons. The van der Waals surface area contributed by atoms with Crippen LogP contribution in [0, 0.1) is 5.41 Å². The smallest absolute Gasteiger partial charge is 0.211 e. The maximum absolute atomic E-state index is 12.1. The quantitative estimate of drug-likeness (QED) is 0.750. The van der Waals surface area contributed by atoms with Gasteiger partial charge in [0.15, 0.2) is 0 Å². The number of hydrogen-bond acceptors (Lipinski definition) is 2. The van der Waals surface area contributed by atoms with E-state index in [9.17, 15) is 8.42 Å². The third-order valence-electron chi connectivity index (χ3n) is 3.33. The normalized spacial score (nSPS) is 17.7. The molecule has 2 rings (SSSR count). The molecule has 1 aliphatic rings. The lowest BCUT2D eigenvalue weighted by molar-refractivity contribution is 0.480. The maximum atomic E-state index is 12.1. The van der Waals surface area contributed by atoms with Crippen LogP contribution in [0.1, 0.15) is 19.3 Å². The Hall–Kier alpha value is 0.0900. The Bertz CT molecular complexity index is 527. The average molecular weight is 397 g/mol. The van der Waals surface area contributed by atoms with Gasteiger partial charge < -0.3 is 0 Å². The van der Waals surface area contributed by atoms with Gasteiger partial charge in [0.25, 0.3) is 0 Å². The zero-order chi connectivity index (χ0) is 13.2. The van der Waals surface area contributed by atoms with E-state index >= 15 is 0 Å². The van der Waals surface area contributed by atoms with Crippen molar-refractivity contribution in [2.24, 2.45) is 5.41 Å². The number of sulfonamides is 1. The molecule has 0 unspecified atom stereocenters. The monoisotopic (exact) mass is 395 g/mol. The molecule has 0 radical (unpaired) electrons. The van der Waals surface area contributed by atoms with Crippen molar-refractivity contribution in [1.29, 1.82) is 0 Å². The van der Waals surface area contributed by atoms with Gasteiger partial charge in [-0.3, -0.25) is 0 Å². The van der Waals surface area contributed by atoms with E-state index in [-0.39, 0.29) is 5.41 Å². The highest BCUT2D eigenvalue weighted by Crippen LogP contribution is 2.48. The molecule has 1 N–H and O–H groups in total. The molecule has 0 amide bonds. The summed E-state index contributed by atoms with van der Waals surface area (Å²) in [7, 11) is -3.39. The molecule has 1 aromatic rings. The molecule has 1 saturated carbocycles. The predicted octanol–water partition coefficient (Wildman–Crippen LogP) is 3.29. The van der Waals surface area contributed by atoms with Crippen LogP contribution in [0.2, 0.25) is 0 Å². The molecule has 0 atom stereocenters. The number of halogens is 2. The van der Waals surface area contributed by atoms with Gasteiger partial charge in [0.2, 0.25) is 10.0 Å². The fourth-order valence-corrected chi connectivity index (χ4v) is 4.45. The number of alkyl halides is 1. The van der Waals surface area contributed by atoms with E-state index in [2.05, 4.69) is 36.6 Å². The first-order valence-corrected chi connectivity index (χ1v) is 9.18. The molecule has 0 heterocycles. The van der Waals surface area contributed by atoms with Crippen molar-refractivity contribution in [3.05, 3.63) is 28.7 Å². The summed E-state index contributed by atoms with van der Waals surface area (Å²) >= 11 is 6.70. The Morgan fingerprint density at radius 1 is 1.33 bits per heavy atom. The SMILES string of the molecule is O=S(=O)(NCC1(CCBr)CC1)c1cccc(Br)c1. The highest BCUT2D eigenvalue weighted by molar-refractivity contribution is 9.10. The van der Waals surface area contributed by atoms with Gasteiger partial charge in [-0.2, -0.15) is 0 Å². The van der Waals surface area contributed by atoms with Crippen LogP contribution in [0.3, 0.4) is 0 Å². The van der Waals surface area contributed by atoms with E-state index in [0.717, 1.165) is 29.1 Å². The lowest BCUT2D eigenvalue weighted by Gasteiger charge is -2.14. The molecule has 1 aliphatic carbocycles. The summed E-state index contributed by atoms with van der Waals surface area (Å²) in [5, 5.41) is 0.922. The Kier molecular flexibility index (Phi) is 4.52. The molecule has 1 aromatic carbocycles. The molecule has 0 bridgehead atoms. The lowest BCUT2D eigenvalue weighted by atomic mass is 10.1. The molecular formula is C12H15Br2NO2S. The van der Waals surface area contributed by atoms with Crippen LogP contribution < -0.4 is 4.72 Å². The molecule has 0 spiro atoms. The minimum atomic E-state index is -3.39. The summed E-state index contributed by atoms with van der Waals surface area (Å²) < 4.78 is 27.7. The van der Waals surface area contributed by atoms with Crippen LogP contribution in [0.25, 0.3) is 0 Å². The number of rotatable bonds is 6. The van der Waals surface area contributed by atoms with E-state index in [1.165, 1.54) is 0 Å². The molecule has 0 aromatic heterocycles. The third kappa shape index (κ3) is 3.56. The molecule has 0 saturated heterocycles. The third-order valence-corrected chi connectivity index (χ3v) is 5.61. The standard InChI is InChI=1S/C12H15Br2NO2S/c13-7-6-12(4-5-12)9-15-18(16,17)11-3-1-2-10(14)8-11/h1-3,8,15H,4-7,9H2. The van der Waals surface area contributed by atoms with Crippen LogP contribution in [0.5, 0.6) is 0 Å². The number of hydrogen-bond donors (Lipinski definition) is 1. The van der Waals surface area contributed by atoms with Gasteiger partial charge in [0.05, 0.1) is 4.90 Å². The Labute approximate surface area is 125 Å². The van der Waals surface area contributed by atoms with Gasteiger partial charge in [-0.1, -0.05) is 37.9 Å². The van der Waals surface area contributed by atoms with Gasteiger partial charge in [0.1, 0.15) is 0 Å². The largest absolute Gasteiger partial charge is 0.240 e. The minimum absolute atomic E-state index is 0.183. The van der Waals surface area contributed by atoms with Gasteiger partial charge in [-0.25, -0.2) is 13.1 Å². The highest BCUT2D eigenvalue weighted by atomic mass is 79.9. The molecular weight excluding hydrogens is 382 g/mol. The van der Waals surface area contributed by atoms with Crippen molar-refractivity contribution >= 4 is 41.9 Å². The Morgan fingerprint density at radius 3 is 2.61 bits per heavy atom. The Balaban J connectivity index is 2.04. The van der Waals surface area contributed by atoms with E-state index in [4.69, 9.17) is 0 Å². The van der Waals surface area contributed by atoms with Crippen LogP contribution in [0.4, 0.5) is 0 Å².